The Labute approximate surface area is 82.6 Å². The molecule has 1 aliphatic heterocycles. The number of benzene rings is 1. The number of aldehydes is 1. The topological polar surface area (TPSA) is 38.8 Å². The van der Waals surface area contributed by atoms with Crippen molar-refractivity contribution < 1.29 is 14.3 Å². The van der Waals surface area contributed by atoms with Crippen molar-refractivity contribution in [3.8, 4) is 5.75 Å². The molecule has 1 aliphatic rings. The molecule has 0 aliphatic carbocycles. The van der Waals surface area contributed by atoms with Gasteiger partial charge in [0.05, 0.1) is 12.2 Å². The van der Waals surface area contributed by atoms with Crippen LogP contribution in [0.5, 0.6) is 5.75 Å². The molecule has 0 aromatic heterocycles. The van der Waals surface area contributed by atoms with E-state index in [2.05, 4.69) is 0 Å². The first kappa shape index (κ1) is 9.21. The summed E-state index contributed by atoms with van der Waals surface area (Å²) >= 11 is 0. The van der Waals surface area contributed by atoms with Crippen LogP contribution in [-0.4, -0.2) is 25.6 Å². The molecule has 0 N–H and O–H groups in total. The Hall–Kier alpha value is -1.35. The fourth-order valence-corrected chi connectivity index (χ4v) is 1.24. The molecule has 1 saturated heterocycles. The summed E-state index contributed by atoms with van der Waals surface area (Å²) in [6.45, 7) is 3.24. The Morgan fingerprint density at radius 3 is 3.07 bits per heavy atom. The molecule has 0 radical (unpaired) electrons. The van der Waals surface area contributed by atoms with Crippen molar-refractivity contribution in [2.45, 2.75) is 13.0 Å². The molecule has 14 heavy (non-hydrogen) atoms. The van der Waals surface area contributed by atoms with Gasteiger partial charge in [0, 0.05) is 0 Å². The van der Waals surface area contributed by atoms with E-state index in [0.29, 0.717) is 17.9 Å². The molecule has 1 atom stereocenters. The van der Waals surface area contributed by atoms with Gasteiger partial charge in [-0.15, -0.1) is 0 Å². The molecule has 2 rings (SSSR count). The van der Waals surface area contributed by atoms with Gasteiger partial charge in [-0.25, -0.2) is 0 Å². The third kappa shape index (κ3) is 2.12. The molecule has 0 bridgehead atoms. The van der Waals surface area contributed by atoms with Gasteiger partial charge >= 0.3 is 0 Å². The molecule has 3 heteroatoms. The average Bonchev–Trinajstić information content (AvgIpc) is 2.99. The predicted molar refractivity (Wildman–Crippen MR) is 51.8 cm³/mol. The van der Waals surface area contributed by atoms with Crippen LogP contribution < -0.4 is 4.74 Å². The first-order valence-corrected chi connectivity index (χ1v) is 4.60. The highest BCUT2D eigenvalue weighted by molar-refractivity contribution is 5.79. The molecular weight excluding hydrogens is 180 g/mol. The summed E-state index contributed by atoms with van der Waals surface area (Å²) in [5.41, 5.74) is 1.66. The molecule has 0 saturated carbocycles. The van der Waals surface area contributed by atoms with Crippen LogP contribution in [0.1, 0.15) is 15.9 Å². The zero-order chi connectivity index (χ0) is 9.97. The second-order valence-corrected chi connectivity index (χ2v) is 3.43. The number of carbonyl (C=O) groups excluding carboxylic acids is 1. The van der Waals surface area contributed by atoms with Crippen LogP contribution in [-0.2, 0) is 4.74 Å². The second-order valence-electron chi connectivity index (χ2n) is 3.43. The molecule has 1 fully saturated rings. The summed E-state index contributed by atoms with van der Waals surface area (Å²) in [6, 6.07) is 5.56. The zero-order valence-corrected chi connectivity index (χ0v) is 8.03. The Kier molecular flexibility index (Phi) is 2.50. The predicted octanol–water partition coefficient (Wildman–Crippen LogP) is 1.59. The number of hydrogen-bond donors (Lipinski definition) is 0. The molecule has 1 heterocycles. The Balaban J connectivity index is 2.09. The number of ether oxygens (including phenoxy) is 2. The summed E-state index contributed by atoms with van der Waals surface area (Å²) in [4.78, 5) is 10.7. The maximum atomic E-state index is 10.7. The summed E-state index contributed by atoms with van der Waals surface area (Å²) in [6.07, 6.45) is 1.03. The van der Waals surface area contributed by atoms with E-state index in [-0.39, 0.29) is 6.10 Å². The van der Waals surface area contributed by atoms with Crippen LogP contribution in [0.4, 0.5) is 0 Å². The Morgan fingerprint density at radius 1 is 1.64 bits per heavy atom. The van der Waals surface area contributed by atoms with Crippen molar-refractivity contribution in [1.82, 2.24) is 0 Å². The molecule has 1 aromatic rings. The van der Waals surface area contributed by atoms with Gasteiger partial charge in [0.2, 0.25) is 0 Å². The number of rotatable bonds is 4. The maximum absolute atomic E-state index is 10.7. The van der Waals surface area contributed by atoms with Crippen LogP contribution in [0.2, 0.25) is 0 Å². The van der Waals surface area contributed by atoms with Crippen LogP contribution in [0.15, 0.2) is 18.2 Å². The Morgan fingerprint density at radius 2 is 2.43 bits per heavy atom. The number of hydrogen-bond acceptors (Lipinski definition) is 3. The van der Waals surface area contributed by atoms with E-state index in [0.717, 1.165) is 18.5 Å². The van der Waals surface area contributed by atoms with Crippen molar-refractivity contribution in [2.75, 3.05) is 13.2 Å². The lowest BCUT2D eigenvalue weighted by atomic mass is 10.1. The SMILES string of the molecule is Cc1ccc(OCC2CO2)c(C=O)c1. The van der Waals surface area contributed by atoms with E-state index in [1.54, 1.807) is 0 Å². The van der Waals surface area contributed by atoms with Gasteiger partial charge in [-0.1, -0.05) is 11.6 Å². The third-order valence-electron chi connectivity index (χ3n) is 2.12. The average molecular weight is 192 g/mol. The quantitative estimate of drug-likeness (QED) is 0.537. The van der Waals surface area contributed by atoms with Crippen molar-refractivity contribution in [1.29, 1.82) is 0 Å². The minimum Gasteiger partial charge on any atom is -0.490 e. The minimum atomic E-state index is 0.218. The summed E-state index contributed by atoms with van der Waals surface area (Å²) in [5, 5.41) is 0. The fraction of sp³-hybridized carbons (Fsp3) is 0.364. The highest BCUT2D eigenvalue weighted by Crippen LogP contribution is 2.20. The highest BCUT2D eigenvalue weighted by Gasteiger charge is 2.23. The summed E-state index contributed by atoms with van der Waals surface area (Å²) in [7, 11) is 0. The standard InChI is InChI=1S/C11H12O3/c1-8-2-3-11(9(4-8)5-12)14-7-10-6-13-10/h2-5,10H,6-7H2,1H3. The zero-order valence-electron chi connectivity index (χ0n) is 8.03. The largest absolute Gasteiger partial charge is 0.490 e. The number of aryl methyl sites for hydroxylation is 1. The van der Waals surface area contributed by atoms with E-state index in [9.17, 15) is 4.79 Å². The van der Waals surface area contributed by atoms with E-state index in [1.807, 2.05) is 25.1 Å². The summed E-state index contributed by atoms with van der Waals surface area (Å²) < 4.78 is 10.5. The lowest BCUT2D eigenvalue weighted by molar-refractivity contribution is 0.111. The van der Waals surface area contributed by atoms with Crippen molar-refractivity contribution in [3.63, 3.8) is 0 Å². The van der Waals surface area contributed by atoms with Crippen molar-refractivity contribution in [2.24, 2.45) is 0 Å². The van der Waals surface area contributed by atoms with E-state index >= 15 is 0 Å². The molecule has 74 valence electrons. The van der Waals surface area contributed by atoms with Gasteiger partial charge in [-0.2, -0.15) is 0 Å². The lowest BCUT2D eigenvalue weighted by Gasteiger charge is -2.07. The molecule has 3 nitrogen and oxygen atoms in total. The van der Waals surface area contributed by atoms with Crippen molar-refractivity contribution >= 4 is 6.29 Å². The molecule has 1 aromatic carbocycles. The number of carbonyl (C=O) groups is 1. The van der Waals surface area contributed by atoms with Crippen LogP contribution >= 0.6 is 0 Å². The molecule has 0 amide bonds. The van der Waals surface area contributed by atoms with Gasteiger partial charge < -0.3 is 9.47 Å². The maximum Gasteiger partial charge on any atom is 0.153 e. The first-order chi connectivity index (χ1) is 6.79. The fourth-order valence-electron chi connectivity index (χ4n) is 1.24. The van der Waals surface area contributed by atoms with Gasteiger partial charge in [-0.3, -0.25) is 4.79 Å². The van der Waals surface area contributed by atoms with Gasteiger partial charge in [-0.05, 0) is 19.1 Å². The Bertz CT molecular complexity index is 342. The minimum absolute atomic E-state index is 0.218. The van der Waals surface area contributed by atoms with Crippen LogP contribution in [0.3, 0.4) is 0 Å². The van der Waals surface area contributed by atoms with Gasteiger partial charge in [0.15, 0.2) is 6.29 Å². The second kappa shape index (κ2) is 3.80. The van der Waals surface area contributed by atoms with E-state index in [1.165, 1.54) is 0 Å². The van der Waals surface area contributed by atoms with Crippen LogP contribution in [0, 0.1) is 6.92 Å². The van der Waals surface area contributed by atoms with Gasteiger partial charge in [0.1, 0.15) is 18.5 Å². The van der Waals surface area contributed by atoms with Gasteiger partial charge in [0.25, 0.3) is 0 Å². The smallest absolute Gasteiger partial charge is 0.153 e. The molecule has 1 unspecified atom stereocenters. The van der Waals surface area contributed by atoms with Crippen molar-refractivity contribution in [3.05, 3.63) is 29.3 Å². The lowest BCUT2D eigenvalue weighted by Crippen LogP contribution is -2.05. The van der Waals surface area contributed by atoms with E-state index in [4.69, 9.17) is 9.47 Å². The first-order valence-electron chi connectivity index (χ1n) is 4.60. The molecule has 0 spiro atoms. The molecular formula is C11H12O3. The normalized spacial score (nSPS) is 19.1. The third-order valence-corrected chi connectivity index (χ3v) is 2.12. The van der Waals surface area contributed by atoms with Crippen LogP contribution in [0.25, 0.3) is 0 Å². The highest BCUT2D eigenvalue weighted by atomic mass is 16.6. The summed E-state index contributed by atoms with van der Waals surface area (Å²) in [5.74, 6) is 0.640. The van der Waals surface area contributed by atoms with E-state index < -0.39 is 0 Å². The monoisotopic (exact) mass is 192 g/mol. The number of epoxide rings is 1.